The van der Waals surface area contributed by atoms with Crippen molar-refractivity contribution in [2.45, 2.75) is 25.8 Å². The van der Waals surface area contributed by atoms with Gasteiger partial charge in [-0.1, -0.05) is 12.1 Å². The van der Waals surface area contributed by atoms with Gasteiger partial charge in [-0.25, -0.2) is 0 Å². The number of aliphatic carboxylic acids is 1. The van der Waals surface area contributed by atoms with Crippen LogP contribution in [0.25, 0.3) is 0 Å². The normalized spacial score (nSPS) is 19.3. The number of carbonyl (C=O) groups is 1. The highest BCUT2D eigenvalue weighted by atomic mass is 16.7. The molecule has 1 N–H and O–H groups in total. The number of nitrogens with zero attached hydrogens (tertiary/aromatic N) is 1. The summed E-state index contributed by atoms with van der Waals surface area (Å²) in [5.74, 6) is 1.67. The van der Waals surface area contributed by atoms with Gasteiger partial charge in [-0.15, -0.1) is 0 Å². The van der Waals surface area contributed by atoms with Gasteiger partial charge in [0.1, 0.15) is 0 Å². The van der Waals surface area contributed by atoms with Crippen LogP contribution in [0.3, 0.4) is 0 Å². The number of rotatable bonds is 7. The highest BCUT2D eigenvalue weighted by molar-refractivity contribution is 5.70. The number of fused-ring (bicyclic) bond motifs is 1. The number of hydrogen-bond donors (Lipinski definition) is 1. The fraction of sp³-hybridized carbons (Fsp3) is 0.435. The molecule has 1 fully saturated rings. The third-order valence-corrected chi connectivity index (χ3v) is 5.68. The van der Waals surface area contributed by atoms with E-state index in [4.69, 9.17) is 18.9 Å². The Morgan fingerprint density at radius 1 is 1.17 bits per heavy atom. The summed E-state index contributed by atoms with van der Waals surface area (Å²) >= 11 is 0. The van der Waals surface area contributed by atoms with Crippen molar-refractivity contribution in [1.82, 2.24) is 4.90 Å². The third-order valence-electron chi connectivity index (χ3n) is 5.68. The number of methoxy groups -OCH3 is 1. The summed E-state index contributed by atoms with van der Waals surface area (Å²) in [7, 11) is 1.62. The van der Waals surface area contributed by atoms with Gasteiger partial charge in [0, 0.05) is 6.54 Å². The second-order valence-electron chi connectivity index (χ2n) is 7.53. The maximum Gasteiger partial charge on any atom is 0.307 e. The van der Waals surface area contributed by atoms with E-state index in [1.807, 2.05) is 43.3 Å². The topological polar surface area (TPSA) is 77.5 Å². The molecule has 4 rings (SSSR count). The number of hydrogen-bond acceptors (Lipinski definition) is 6. The number of ether oxygens (including phenoxy) is 4. The molecule has 1 saturated heterocycles. The van der Waals surface area contributed by atoms with Gasteiger partial charge < -0.3 is 24.1 Å². The van der Waals surface area contributed by atoms with Gasteiger partial charge in [0.2, 0.25) is 6.79 Å². The van der Waals surface area contributed by atoms with Gasteiger partial charge in [-0.2, -0.15) is 0 Å². The summed E-state index contributed by atoms with van der Waals surface area (Å²) in [6.07, 6.45) is 1.54. The zero-order valence-corrected chi connectivity index (χ0v) is 17.3. The summed E-state index contributed by atoms with van der Waals surface area (Å²) in [5, 5.41) is 9.59. The lowest BCUT2D eigenvalue weighted by atomic mass is 9.91. The molecular weight excluding hydrogens is 386 g/mol. The fourth-order valence-corrected chi connectivity index (χ4v) is 4.27. The molecule has 2 atom stereocenters. The Morgan fingerprint density at radius 3 is 2.70 bits per heavy atom. The average Bonchev–Trinajstić information content (AvgIpc) is 3.23. The SMILES string of the molecule is CCOc1cc(C(c2ccc3c(c2)OCO3)N2CCCC(C(=O)O)C2)ccc1OC. The second-order valence-corrected chi connectivity index (χ2v) is 7.53. The first-order chi connectivity index (χ1) is 14.6. The summed E-state index contributed by atoms with van der Waals surface area (Å²) in [4.78, 5) is 13.9. The smallest absolute Gasteiger partial charge is 0.307 e. The zero-order valence-electron chi connectivity index (χ0n) is 17.3. The molecule has 0 aromatic heterocycles. The van der Waals surface area contributed by atoms with Gasteiger partial charge in [0.15, 0.2) is 23.0 Å². The van der Waals surface area contributed by atoms with Crippen molar-refractivity contribution in [3.05, 3.63) is 47.5 Å². The van der Waals surface area contributed by atoms with E-state index in [0.29, 0.717) is 36.8 Å². The molecule has 2 aromatic carbocycles. The standard InChI is InChI=1S/C23H27NO6/c1-3-28-20-11-15(6-8-18(20)27-2)22(24-10-4-5-17(13-24)23(25)26)16-7-9-19-21(12-16)30-14-29-19/h6-9,11-12,17,22H,3-5,10,13-14H2,1-2H3,(H,25,26). The highest BCUT2D eigenvalue weighted by Crippen LogP contribution is 2.41. The number of carboxylic acids is 1. The molecule has 2 aliphatic rings. The van der Waals surface area contributed by atoms with Crippen LogP contribution in [0.15, 0.2) is 36.4 Å². The first-order valence-electron chi connectivity index (χ1n) is 10.3. The maximum atomic E-state index is 11.7. The molecule has 0 amide bonds. The van der Waals surface area contributed by atoms with Crippen molar-refractivity contribution in [2.75, 3.05) is 33.6 Å². The van der Waals surface area contributed by atoms with Gasteiger partial charge >= 0.3 is 5.97 Å². The van der Waals surface area contributed by atoms with Crippen LogP contribution < -0.4 is 18.9 Å². The Balaban J connectivity index is 1.76. The molecule has 2 unspecified atom stereocenters. The van der Waals surface area contributed by atoms with Crippen molar-refractivity contribution >= 4 is 5.97 Å². The van der Waals surface area contributed by atoms with Crippen molar-refractivity contribution in [1.29, 1.82) is 0 Å². The van der Waals surface area contributed by atoms with E-state index < -0.39 is 5.97 Å². The maximum absolute atomic E-state index is 11.7. The van der Waals surface area contributed by atoms with E-state index in [9.17, 15) is 9.90 Å². The average molecular weight is 413 g/mol. The predicted octanol–water partition coefficient (Wildman–Crippen LogP) is 3.71. The van der Waals surface area contributed by atoms with Crippen molar-refractivity contribution in [3.8, 4) is 23.0 Å². The minimum Gasteiger partial charge on any atom is -0.493 e. The quantitative estimate of drug-likeness (QED) is 0.741. The van der Waals surface area contributed by atoms with Crippen LogP contribution in [-0.2, 0) is 4.79 Å². The van der Waals surface area contributed by atoms with Crippen LogP contribution in [0.1, 0.15) is 36.9 Å². The van der Waals surface area contributed by atoms with Crippen molar-refractivity contribution in [3.63, 3.8) is 0 Å². The molecular formula is C23H27NO6. The molecule has 0 bridgehead atoms. The monoisotopic (exact) mass is 413 g/mol. The van der Waals surface area contributed by atoms with E-state index in [2.05, 4.69) is 4.90 Å². The van der Waals surface area contributed by atoms with Crippen LogP contribution in [0.2, 0.25) is 0 Å². The summed E-state index contributed by atoms with van der Waals surface area (Å²) in [6, 6.07) is 11.7. The Labute approximate surface area is 176 Å². The van der Waals surface area contributed by atoms with E-state index in [-0.39, 0.29) is 18.8 Å². The van der Waals surface area contributed by atoms with E-state index in [1.165, 1.54) is 0 Å². The number of carboxylic acid groups (broad SMARTS) is 1. The first kappa shape index (κ1) is 20.3. The van der Waals surface area contributed by atoms with Crippen molar-refractivity contribution < 1.29 is 28.8 Å². The summed E-state index contributed by atoms with van der Waals surface area (Å²) in [5.41, 5.74) is 2.04. The molecule has 7 heteroatoms. The Morgan fingerprint density at radius 2 is 1.93 bits per heavy atom. The van der Waals surface area contributed by atoms with Gasteiger partial charge in [0.25, 0.3) is 0 Å². The van der Waals surface area contributed by atoms with Crippen molar-refractivity contribution in [2.24, 2.45) is 5.92 Å². The van der Waals surface area contributed by atoms with Gasteiger partial charge in [0.05, 0.1) is 25.7 Å². The van der Waals surface area contributed by atoms with E-state index in [0.717, 1.165) is 29.8 Å². The Hall–Kier alpha value is -2.93. The Kier molecular flexibility index (Phi) is 5.99. The van der Waals surface area contributed by atoms with Gasteiger partial charge in [-0.3, -0.25) is 9.69 Å². The molecule has 0 saturated carbocycles. The first-order valence-corrected chi connectivity index (χ1v) is 10.3. The molecule has 30 heavy (non-hydrogen) atoms. The molecule has 160 valence electrons. The molecule has 0 aliphatic carbocycles. The molecule has 2 aliphatic heterocycles. The molecule has 7 nitrogen and oxygen atoms in total. The van der Waals surface area contributed by atoms with Crippen LogP contribution in [0, 0.1) is 5.92 Å². The van der Waals surface area contributed by atoms with Crippen LogP contribution in [-0.4, -0.2) is 49.6 Å². The summed E-state index contributed by atoms with van der Waals surface area (Å²) < 4.78 is 22.3. The second kappa shape index (κ2) is 8.83. The van der Waals surface area contributed by atoms with Crippen LogP contribution in [0.4, 0.5) is 0 Å². The number of likely N-dealkylation sites (tertiary alicyclic amines) is 1. The molecule has 2 aromatic rings. The van der Waals surface area contributed by atoms with E-state index in [1.54, 1.807) is 7.11 Å². The lowest BCUT2D eigenvalue weighted by molar-refractivity contribution is -0.143. The van der Waals surface area contributed by atoms with Crippen LogP contribution >= 0.6 is 0 Å². The fourth-order valence-electron chi connectivity index (χ4n) is 4.27. The predicted molar refractivity (Wildman–Crippen MR) is 111 cm³/mol. The zero-order chi connectivity index (χ0) is 21.1. The molecule has 2 heterocycles. The largest absolute Gasteiger partial charge is 0.493 e. The van der Waals surface area contributed by atoms with Crippen LogP contribution in [0.5, 0.6) is 23.0 Å². The lowest BCUT2D eigenvalue weighted by Crippen LogP contribution is -2.41. The van der Waals surface area contributed by atoms with E-state index >= 15 is 0 Å². The molecule has 0 spiro atoms. The minimum absolute atomic E-state index is 0.133. The third kappa shape index (κ3) is 4.03. The molecule has 0 radical (unpaired) electrons. The minimum atomic E-state index is -0.742. The number of benzene rings is 2. The summed E-state index contributed by atoms with van der Waals surface area (Å²) in [6.45, 7) is 3.98. The highest BCUT2D eigenvalue weighted by Gasteiger charge is 2.32. The lowest BCUT2D eigenvalue weighted by Gasteiger charge is -2.37. The number of piperidine rings is 1. The Bertz CT molecular complexity index is 915. The van der Waals surface area contributed by atoms with Gasteiger partial charge in [-0.05, 0) is 61.7 Å².